The van der Waals surface area contributed by atoms with Crippen LogP contribution in [0.2, 0.25) is 0 Å². The molecule has 0 saturated heterocycles. The molecule has 3 heterocycles. The molecule has 0 aliphatic heterocycles. The maximum Gasteiger partial charge on any atom is 0.274 e. The molecule has 0 saturated carbocycles. The molecule has 4 aromatic rings. The number of hydrogen-bond donors (Lipinski definition) is 1. The first-order valence-corrected chi connectivity index (χ1v) is 10.5. The highest BCUT2D eigenvalue weighted by Gasteiger charge is 2.19. The molecule has 1 aromatic carbocycles. The van der Waals surface area contributed by atoms with Gasteiger partial charge in [0.25, 0.3) is 5.56 Å². The number of fused-ring (bicyclic) bond motifs is 1. The standard InChI is InChI=1S/C20H18N4O4S/c1-3-29(26,27)14-4-5-18(28-13-6-8-22-23-11-13)16(10-14)17-12-21-19-15(17)7-9-24(2)20(19)25/h4-12,21H,3H2,1-2H3. The number of rotatable bonds is 5. The van der Waals surface area contributed by atoms with E-state index in [9.17, 15) is 13.2 Å². The number of hydrogen-bond acceptors (Lipinski definition) is 6. The zero-order valence-electron chi connectivity index (χ0n) is 15.8. The molecule has 0 amide bonds. The van der Waals surface area contributed by atoms with Crippen LogP contribution in [0.15, 0.2) is 64.8 Å². The van der Waals surface area contributed by atoms with Gasteiger partial charge in [-0.25, -0.2) is 8.42 Å². The average molecular weight is 410 g/mol. The third-order valence-corrected chi connectivity index (χ3v) is 6.42. The van der Waals surface area contributed by atoms with E-state index >= 15 is 0 Å². The van der Waals surface area contributed by atoms with Gasteiger partial charge in [-0.2, -0.15) is 10.2 Å². The van der Waals surface area contributed by atoms with Crippen molar-refractivity contribution in [2.24, 2.45) is 7.05 Å². The Bertz CT molecular complexity index is 1360. The van der Waals surface area contributed by atoms with Gasteiger partial charge in [-0.1, -0.05) is 6.92 Å². The van der Waals surface area contributed by atoms with Crippen LogP contribution >= 0.6 is 0 Å². The minimum atomic E-state index is -3.42. The Morgan fingerprint density at radius 2 is 1.97 bits per heavy atom. The van der Waals surface area contributed by atoms with Crippen molar-refractivity contribution in [1.82, 2.24) is 19.7 Å². The van der Waals surface area contributed by atoms with E-state index in [4.69, 9.17) is 4.74 Å². The number of ether oxygens (including phenoxy) is 1. The van der Waals surface area contributed by atoms with Crippen molar-refractivity contribution in [2.75, 3.05) is 5.75 Å². The van der Waals surface area contributed by atoms with E-state index in [1.54, 1.807) is 50.6 Å². The second-order valence-electron chi connectivity index (χ2n) is 6.46. The average Bonchev–Trinajstić information content (AvgIpc) is 3.16. The van der Waals surface area contributed by atoms with E-state index in [-0.39, 0.29) is 16.2 Å². The highest BCUT2D eigenvalue weighted by Crippen LogP contribution is 2.38. The van der Waals surface area contributed by atoms with Crippen molar-refractivity contribution in [1.29, 1.82) is 0 Å². The van der Waals surface area contributed by atoms with Gasteiger partial charge in [-0.05, 0) is 24.3 Å². The zero-order chi connectivity index (χ0) is 20.6. The fraction of sp³-hybridized carbons (Fsp3) is 0.150. The monoisotopic (exact) mass is 410 g/mol. The van der Waals surface area contributed by atoms with E-state index < -0.39 is 9.84 Å². The van der Waals surface area contributed by atoms with Crippen LogP contribution in [0, 0.1) is 0 Å². The SMILES string of the molecule is CCS(=O)(=O)c1ccc(Oc2ccnnc2)c(-c2c[nH]c3c(=O)n(C)ccc23)c1. The normalized spacial score (nSPS) is 11.7. The predicted molar refractivity (Wildman–Crippen MR) is 109 cm³/mol. The molecule has 0 fully saturated rings. The minimum Gasteiger partial charge on any atom is -0.455 e. The molecule has 0 bridgehead atoms. The van der Waals surface area contributed by atoms with Crippen LogP contribution in [-0.2, 0) is 16.9 Å². The predicted octanol–water partition coefficient (Wildman–Crippen LogP) is 2.91. The van der Waals surface area contributed by atoms with Gasteiger partial charge in [0, 0.05) is 42.0 Å². The fourth-order valence-corrected chi connectivity index (χ4v) is 3.98. The van der Waals surface area contributed by atoms with Crippen molar-refractivity contribution in [3.63, 3.8) is 0 Å². The van der Waals surface area contributed by atoms with E-state index in [1.807, 2.05) is 0 Å². The number of aryl methyl sites for hydroxylation is 1. The van der Waals surface area contributed by atoms with Gasteiger partial charge >= 0.3 is 0 Å². The number of pyridine rings is 1. The van der Waals surface area contributed by atoms with Crippen molar-refractivity contribution in [3.05, 3.63) is 65.5 Å². The molecule has 0 atom stereocenters. The lowest BCUT2D eigenvalue weighted by atomic mass is 10.0. The van der Waals surface area contributed by atoms with Crippen LogP contribution in [0.3, 0.4) is 0 Å². The number of nitrogens with one attached hydrogen (secondary N) is 1. The first kappa shape index (κ1) is 18.9. The summed E-state index contributed by atoms with van der Waals surface area (Å²) >= 11 is 0. The van der Waals surface area contributed by atoms with Gasteiger partial charge in [0.2, 0.25) is 0 Å². The summed E-state index contributed by atoms with van der Waals surface area (Å²) in [5.74, 6) is 0.882. The third-order valence-electron chi connectivity index (χ3n) is 4.68. The first-order valence-electron chi connectivity index (χ1n) is 8.89. The van der Waals surface area contributed by atoms with Crippen LogP contribution in [0.5, 0.6) is 11.5 Å². The van der Waals surface area contributed by atoms with Crippen molar-refractivity contribution < 1.29 is 13.2 Å². The number of aromatic amines is 1. The van der Waals surface area contributed by atoms with Crippen LogP contribution in [0.4, 0.5) is 0 Å². The summed E-state index contributed by atoms with van der Waals surface area (Å²) < 4.78 is 32.3. The Hall–Kier alpha value is -3.46. The Balaban J connectivity index is 1.95. The molecular weight excluding hydrogens is 392 g/mol. The first-order chi connectivity index (χ1) is 13.9. The largest absolute Gasteiger partial charge is 0.455 e. The molecule has 9 heteroatoms. The van der Waals surface area contributed by atoms with E-state index in [1.165, 1.54) is 23.0 Å². The molecular formula is C20H18N4O4S. The number of aromatic nitrogens is 4. The summed E-state index contributed by atoms with van der Waals surface area (Å²) in [5, 5.41) is 8.20. The van der Waals surface area contributed by atoms with E-state index in [0.29, 0.717) is 33.5 Å². The lowest BCUT2D eigenvalue weighted by molar-refractivity contribution is 0.479. The summed E-state index contributed by atoms with van der Waals surface area (Å²) in [6.07, 6.45) is 6.31. The molecule has 8 nitrogen and oxygen atoms in total. The van der Waals surface area contributed by atoms with Crippen molar-refractivity contribution in [2.45, 2.75) is 11.8 Å². The molecule has 1 N–H and O–H groups in total. The van der Waals surface area contributed by atoms with E-state index in [0.717, 1.165) is 0 Å². The molecule has 0 radical (unpaired) electrons. The van der Waals surface area contributed by atoms with Gasteiger partial charge in [0.1, 0.15) is 17.0 Å². The van der Waals surface area contributed by atoms with Gasteiger partial charge < -0.3 is 14.3 Å². The second kappa shape index (κ2) is 7.17. The number of sulfone groups is 1. The number of benzene rings is 1. The van der Waals surface area contributed by atoms with Gasteiger partial charge in [-0.15, -0.1) is 0 Å². The molecule has 4 rings (SSSR count). The number of nitrogens with zero attached hydrogens (tertiary/aromatic N) is 3. The maximum atomic E-state index is 12.4. The molecule has 148 valence electrons. The van der Waals surface area contributed by atoms with Gasteiger partial charge in [0.15, 0.2) is 9.84 Å². The van der Waals surface area contributed by atoms with Crippen LogP contribution < -0.4 is 10.3 Å². The van der Waals surface area contributed by atoms with Crippen molar-refractivity contribution in [3.8, 4) is 22.6 Å². The van der Waals surface area contributed by atoms with Gasteiger partial charge in [0.05, 0.1) is 23.0 Å². The van der Waals surface area contributed by atoms with Gasteiger partial charge in [-0.3, -0.25) is 4.79 Å². The summed E-state index contributed by atoms with van der Waals surface area (Å²) in [4.78, 5) is 15.6. The minimum absolute atomic E-state index is 0.0185. The van der Waals surface area contributed by atoms with Crippen LogP contribution in [0.1, 0.15) is 6.92 Å². The third kappa shape index (κ3) is 3.40. The Labute approximate surface area is 166 Å². The lowest BCUT2D eigenvalue weighted by Crippen LogP contribution is -2.15. The molecule has 0 spiro atoms. The Kier molecular flexibility index (Phi) is 4.67. The molecule has 0 aliphatic rings. The molecule has 0 aliphatic carbocycles. The van der Waals surface area contributed by atoms with E-state index in [2.05, 4.69) is 15.2 Å². The summed E-state index contributed by atoms with van der Waals surface area (Å²) in [5.41, 5.74) is 1.48. The van der Waals surface area contributed by atoms with Crippen LogP contribution in [0.25, 0.3) is 22.0 Å². The molecule has 0 unspecified atom stereocenters. The smallest absolute Gasteiger partial charge is 0.274 e. The summed E-state index contributed by atoms with van der Waals surface area (Å²) in [6, 6.07) is 8.15. The quantitative estimate of drug-likeness (QED) is 0.542. The highest BCUT2D eigenvalue weighted by atomic mass is 32.2. The Morgan fingerprint density at radius 3 is 2.69 bits per heavy atom. The fourth-order valence-electron chi connectivity index (χ4n) is 3.07. The summed E-state index contributed by atoms with van der Waals surface area (Å²) in [6.45, 7) is 1.59. The topological polar surface area (TPSA) is 107 Å². The number of H-pyrrole nitrogens is 1. The van der Waals surface area contributed by atoms with Crippen molar-refractivity contribution >= 4 is 20.7 Å². The maximum absolute atomic E-state index is 12.4. The summed E-state index contributed by atoms with van der Waals surface area (Å²) in [7, 11) is -1.76. The highest BCUT2D eigenvalue weighted by molar-refractivity contribution is 7.91. The van der Waals surface area contributed by atoms with Crippen LogP contribution in [-0.4, -0.2) is 33.9 Å². The second-order valence-corrected chi connectivity index (χ2v) is 8.74. The lowest BCUT2D eigenvalue weighted by Gasteiger charge is -2.13. The molecule has 29 heavy (non-hydrogen) atoms. The zero-order valence-corrected chi connectivity index (χ0v) is 16.6. The Morgan fingerprint density at radius 1 is 1.14 bits per heavy atom. The molecule has 3 aromatic heterocycles.